The van der Waals surface area contributed by atoms with Gasteiger partial charge in [-0.2, -0.15) is 0 Å². The molecule has 2 aromatic heterocycles. The molecule has 3 aromatic carbocycles. The van der Waals surface area contributed by atoms with Gasteiger partial charge < -0.3 is 10.3 Å². The number of anilines is 1. The fourth-order valence-electron chi connectivity index (χ4n) is 4.99. The maximum absolute atomic E-state index is 14.0. The number of fused-ring (bicyclic) bond motifs is 1. The fourth-order valence-corrected chi connectivity index (χ4v) is 6.96. The summed E-state index contributed by atoms with van der Waals surface area (Å²) in [5.41, 5.74) is 2.13. The molecule has 1 aliphatic heterocycles. The Hall–Kier alpha value is -5.40. The van der Waals surface area contributed by atoms with E-state index >= 15 is 0 Å². The third kappa shape index (κ3) is 6.16. The van der Waals surface area contributed by atoms with Gasteiger partial charge in [-0.25, -0.2) is 9.98 Å². The molecule has 1 atom stereocenters. The van der Waals surface area contributed by atoms with E-state index in [0.29, 0.717) is 37.5 Å². The number of thiazole rings is 1. The van der Waals surface area contributed by atoms with Crippen LogP contribution in [0.2, 0.25) is 0 Å². The number of carbonyl (C=O) groups is 1. The van der Waals surface area contributed by atoms with Crippen LogP contribution in [0.15, 0.2) is 121 Å². The highest BCUT2D eigenvalue weighted by Gasteiger charge is 2.32. The SMILES string of the molecule is CC1=C(C(=O)Nc2ccccc2)[C@@H](c2ccccc2)n2c(s/c(=C/c3ccc(Sc4nc(C)cc(=O)[nH]4)c([N+](=O)[O-])c3)c2=O)=N1. The van der Waals surface area contributed by atoms with Gasteiger partial charge in [-0.1, -0.05) is 65.9 Å². The van der Waals surface area contributed by atoms with Crippen LogP contribution in [0.5, 0.6) is 0 Å². The molecule has 5 aromatic rings. The first-order chi connectivity index (χ1) is 21.7. The minimum absolute atomic E-state index is 0.205. The highest BCUT2D eigenvalue weighted by atomic mass is 32.2. The molecule has 0 saturated heterocycles. The first-order valence-corrected chi connectivity index (χ1v) is 15.3. The van der Waals surface area contributed by atoms with Crippen molar-refractivity contribution in [1.29, 1.82) is 0 Å². The largest absolute Gasteiger partial charge is 0.322 e. The Kier molecular flexibility index (Phi) is 8.11. The van der Waals surface area contributed by atoms with E-state index in [1.807, 2.05) is 48.5 Å². The highest BCUT2D eigenvalue weighted by molar-refractivity contribution is 7.99. The third-order valence-corrected chi connectivity index (χ3v) is 8.88. The van der Waals surface area contributed by atoms with E-state index in [1.165, 1.54) is 16.7 Å². The molecule has 0 radical (unpaired) electrons. The Balaban J connectivity index is 1.43. The van der Waals surface area contributed by atoms with Crippen molar-refractivity contribution < 1.29 is 9.72 Å². The molecular formula is C32H24N6O5S2. The number of aromatic nitrogens is 3. The van der Waals surface area contributed by atoms with Crippen molar-refractivity contribution >= 4 is 46.5 Å². The minimum atomic E-state index is -0.745. The molecule has 224 valence electrons. The molecule has 0 unspecified atom stereocenters. The lowest BCUT2D eigenvalue weighted by Crippen LogP contribution is -2.40. The van der Waals surface area contributed by atoms with Crippen LogP contribution in [-0.4, -0.2) is 25.4 Å². The first kappa shape index (κ1) is 29.7. The van der Waals surface area contributed by atoms with Crippen LogP contribution in [-0.2, 0) is 4.79 Å². The summed E-state index contributed by atoms with van der Waals surface area (Å²) in [6, 6.07) is 23.4. The summed E-state index contributed by atoms with van der Waals surface area (Å²) in [7, 11) is 0. The lowest BCUT2D eigenvalue weighted by atomic mass is 9.95. The molecule has 1 aliphatic rings. The zero-order valence-corrected chi connectivity index (χ0v) is 25.5. The van der Waals surface area contributed by atoms with E-state index < -0.39 is 11.0 Å². The Bertz CT molecular complexity index is 2240. The van der Waals surface area contributed by atoms with Crippen LogP contribution in [0.4, 0.5) is 11.4 Å². The second kappa shape index (κ2) is 12.3. The summed E-state index contributed by atoms with van der Waals surface area (Å²) in [5, 5.41) is 15.2. The molecule has 13 heteroatoms. The normalized spacial score (nSPS) is 14.5. The average Bonchev–Trinajstić information content (AvgIpc) is 3.31. The minimum Gasteiger partial charge on any atom is -0.322 e. The number of amides is 1. The van der Waals surface area contributed by atoms with E-state index in [2.05, 4.69) is 20.3 Å². The summed E-state index contributed by atoms with van der Waals surface area (Å²) in [6.07, 6.45) is 1.57. The summed E-state index contributed by atoms with van der Waals surface area (Å²) < 4.78 is 1.79. The van der Waals surface area contributed by atoms with Gasteiger partial charge >= 0.3 is 0 Å². The second-order valence-corrected chi connectivity index (χ2v) is 12.1. The van der Waals surface area contributed by atoms with E-state index in [4.69, 9.17) is 0 Å². The predicted molar refractivity (Wildman–Crippen MR) is 172 cm³/mol. The third-order valence-electron chi connectivity index (χ3n) is 6.95. The number of aromatic amines is 1. The molecule has 0 fully saturated rings. The maximum atomic E-state index is 14.0. The zero-order chi connectivity index (χ0) is 31.7. The van der Waals surface area contributed by atoms with E-state index in [-0.39, 0.29) is 32.8 Å². The number of nitro groups is 1. The number of rotatable bonds is 7. The Morgan fingerprint density at radius 2 is 1.76 bits per heavy atom. The van der Waals surface area contributed by atoms with Crippen molar-refractivity contribution in [2.75, 3.05) is 5.32 Å². The zero-order valence-electron chi connectivity index (χ0n) is 23.9. The standard InChI is InChI=1S/C32H24N6O5S2/c1-18-15-26(39)36-31(33-18)44-24-14-13-20(16-23(24)38(42)43)17-25-30(41)37-28(21-9-5-3-6-10-21)27(19(2)34-32(37)45-25)29(40)35-22-11-7-4-8-12-22/h3-17,28H,1-2H3,(H,35,40)(H,33,36,39)/b25-17+/t28-/m1/s1. The van der Waals surface area contributed by atoms with Crippen LogP contribution >= 0.6 is 23.1 Å². The molecule has 6 rings (SSSR count). The van der Waals surface area contributed by atoms with Crippen molar-refractivity contribution in [3.63, 3.8) is 0 Å². The number of allylic oxidation sites excluding steroid dienone is 1. The molecule has 3 heterocycles. The average molecular weight is 637 g/mol. The molecule has 0 spiro atoms. The maximum Gasteiger partial charge on any atom is 0.283 e. The molecule has 2 N–H and O–H groups in total. The quantitative estimate of drug-likeness (QED) is 0.153. The van der Waals surface area contributed by atoms with Gasteiger partial charge in [0.2, 0.25) is 0 Å². The topological polar surface area (TPSA) is 152 Å². The number of para-hydroxylation sites is 1. The molecule has 0 aliphatic carbocycles. The second-order valence-electron chi connectivity index (χ2n) is 10.1. The summed E-state index contributed by atoms with van der Waals surface area (Å²) in [6.45, 7) is 3.40. The number of nitro benzene ring substituents is 1. The van der Waals surface area contributed by atoms with Crippen molar-refractivity contribution in [3.05, 3.63) is 153 Å². The highest BCUT2D eigenvalue weighted by Crippen LogP contribution is 2.34. The molecule has 1 amide bonds. The van der Waals surface area contributed by atoms with Gasteiger partial charge in [-0.05, 0) is 61.0 Å². The van der Waals surface area contributed by atoms with Gasteiger partial charge in [-0.15, -0.1) is 0 Å². The van der Waals surface area contributed by atoms with Crippen molar-refractivity contribution in [1.82, 2.24) is 14.5 Å². The smallest absolute Gasteiger partial charge is 0.283 e. The molecule has 0 saturated carbocycles. The van der Waals surface area contributed by atoms with Gasteiger partial charge in [-0.3, -0.25) is 29.1 Å². The van der Waals surface area contributed by atoms with Gasteiger partial charge in [0.15, 0.2) is 9.96 Å². The van der Waals surface area contributed by atoms with Crippen LogP contribution in [0.25, 0.3) is 6.08 Å². The Morgan fingerprint density at radius 1 is 1.04 bits per heavy atom. The first-order valence-electron chi connectivity index (χ1n) is 13.7. The number of nitrogens with zero attached hydrogens (tertiary/aromatic N) is 4. The lowest BCUT2D eigenvalue weighted by Gasteiger charge is -2.25. The van der Waals surface area contributed by atoms with Gasteiger partial charge in [0, 0.05) is 23.5 Å². The number of nitrogens with one attached hydrogen (secondary N) is 2. The summed E-state index contributed by atoms with van der Waals surface area (Å²) in [5.74, 6) is -0.376. The van der Waals surface area contributed by atoms with Crippen LogP contribution in [0, 0.1) is 17.0 Å². The molecular weight excluding hydrogens is 613 g/mol. The van der Waals surface area contributed by atoms with Crippen LogP contribution in [0.1, 0.15) is 29.8 Å². The molecule has 45 heavy (non-hydrogen) atoms. The van der Waals surface area contributed by atoms with Gasteiger partial charge in [0.1, 0.15) is 0 Å². The number of hydrogen-bond acceptors (Lipinski definition) is 9. The number of aryl methyl sites for hydroxylation is 1. The van der Waals surface area contributed by atoms with Crippen molar-refractivity contribution in [2.45, 2.75) is 29.9 Å². The van der Waals surface area contributed by atoms with Gasteiger partial charge in [0.25, 0.3) is 22.7 Å². The van der Waals surface area contributed by atoms with Gasteiger partial charge in [0.05, 0.1) is 31.7 Å². The molecule has 0 bridgehead atoms. The number of benzene rings is 3. The Morgan fingerprint density at radius 3 is 2.44 bits per heavy atom. The summed E-state index contributed by atoms with van der Waals surface area (Å²) in [4.78, 5) is 63.1. The number of H-pyrrole nitrogens is 1. The number of hydrogen-bond donors (Lipinski definition) is 2. The van der Waals surface area contributed by atoms with E-state index in [0.717, 1.165) is 28.7 Å². The monoisotopic (exact) mass is 636 g/mol. The van der Waals surface area contributed by atoms with Crippen LogP contribution < -0.4 is 25.8 Å². The van der Waals surface area contributed by atoms with Crippen LogP contribution in [0.3, 0.4) is 0 Å². The Labute approximate surface area is 263 Å². The predicted octanol–water partition coefficient (Wildman–Crippen LogP) is 4.33. The molecule has 11 nitrogen and oxygen atoms in total. The fraction of sp³-hybridized carbons (Fsp3) is 0.0938. The van der Waals surface area contributed by atoms with Crippen molar-refractivity contribution in [3.8, 4) is 0 Å². The van der Waals surface area contributed by atoms with Crippen molar-refractivity contribution in [2.24, 2.45) is 4.99 Å². The number of carbonyl (C=O) groups excluding carboxylic acids is 1. The van der Waals surface area contributed by atoms with E-state index in [9.17, 15) is 24.5 Å². The summed E-state index contributed by atoms with van der Waals surface area (Å²) >= 11 is 2.11. The lowest BCUT2D eigenvalue weighted by molar-refractivity contribution is -0.387. The van der Waals surface area contributed by atoms with E-state index in [1.54, 1.807) is 44.2 Å².